The first-order valence-electron chi connectivity index (χ1n) is 7.47. The van der Waals surface area contributed by atoms with E-state index in [0.29, 0.717) is 11.5 Å². The molecule has 112 valence electrons. The minimum absolute atomic E-state index is 0.0199. The molecule has 1 aromatic heterocycles. The number of hydrogen-bond acceptors (Lipinski definition) is 2. The summed E-state index contributed by atoms with van der Waals surface area (Å²) in [6, 6.07) is 5.70. The summed E-state index contributed by atoms with van der Waals surface area (Å²) in [6.45, 7) is 5.99. The highest BCUT2D eigenvalue weighted by molar-refractivity contribution is 5.99. The van der Waals surface area contributed by atoms with Crippen LogP contribution in [0.3, 0.4) is 0 Å². The average molecular weight is 286 g/mol. The van der Waals surface area contributed by atoms with E-state index in [-0.39, 0.29) is 12.5 Å². The molecule has 0 spiro atoms. The van der Waals surface area contributed by atoms with Gasteiger partial charge in [0.2, 0.25) is 0 Å². The summed E-state index contributed by atoms with van der Waals surface area (Å²) >= 11 is 0. The number of nitrogens with one attached hydrogen (secondary N) is 2. The number of aliphatic hydroxyl groups excluding tert-OH is 1. The lowest BCUT2D eigenvalue weighted by atomic mass is 9.96. The molecular weight excluding hydrogens is 264 g/mol. The second-order valence-corrected chi connectivity index (χ2v) is 6.44. The number of aliphatic hydroxyl groups is 1. The molecule has 0 bridgehead atoms. The predicted octanol–water partition coefficient (Wildman–Crippen LogP) is 2.68. The fourth-order valence-electron chi connectivity index (χ4n) is 2.93. The molecule has 1 aromatic carbocycles. The van der Waals surface area contributed by atoms with Gasteiger partial charge in [-0.05, 0) is 63.3 Å². The molecule has 1 aliphatic carbocycles. The second kappa shape index (κ2) is 4.88. The van der Waals surface area contributed by atoms with Crippen molar-refractivity contribution in [1.82, 2.24) is 10.3 Å². The molecule has 0 radical (unpaired) electrons. The summed E-state index contributed by atoms with van der Waals surface area (Å²) in [4.78, 5) is 15.8. The molecule has 1 saturated carbocycles. The summed E-state index contributed by atoms with van der Waals surface area (Å²) in [7, 11) is 0. The molecule has 3 N–H and O–H groups in total. The topological polar surface area (TPSA) is 65.1 Å². The largest absolute Gasteiger partial charge is 0.394 e. The Kier molecular flexibility index (Phi) is 3.29. The Labute approximate surface area is 124 Å². The Morgan fingerprint density at radius 3 is 2.76 bits per heavy atom. The minimum atomic E-state index is -0.505. The lowest BCUT2D eigenvalue weighted by molar-refractivity contribution is 0.0824. The second-order valence-electron chi connectivity index (χ2n) is 6.44. The zero-order chi connectivity index (χ0) is 15.2. The first-order chi connectivity index (χ1) is 9.94. The third-order valence-electron chi connectivity index (χ3n) is 4.78. The van der Waals surface area contributed by atoms with Gasteiger partial charge in [0, 0.05) is 22.2 Å². The van der Waals surface area contributed by atoms with Gasteiger partial charge in [0.15, 0.2) is 0 Å². The van der Waals surface area contributed by atoms with Crippen LogP contribution in [0.5, 0.6) is 0 Å². The van der Waals surface area contributed by atoms with Crippen LogP contribution in [0.2, 0.25) is 0 Å². The number of H-pyrrole nitrogens is 1. The number of rotatable bonds is 4. The summed E-state index contributed by atoms with van der Waals surface area (Å²) in [5.41, 5.74) is 3.49. The molecule has 21 heavy (non-hydrogen) atoms. The fourth-order valence-corrected chi connectivity index (χ4v) is 2.93. The number of hydrogen-bond donors (Lipinski definition) is 3. The highest BCUT2D eigenvalue weighted by atomic mass is 16.3. The standard InChI is InChI=1S/C17H22N2O2/c1-10-11(2)18-15-7-4-12(8-14(10)15)16(21)19-17(3,9-20)13-5-6-13/h4,7-8,13,18,20H,5-6,9H2,1-3H3,(H,19,21). The number of aromatic amines is 1. The number of aromatic nitrogens is 1. The van der Waals surface area contributed by atoms with Crippen molar-refractivity contribution in [2.24, 2.45) is 5.92 Å². The van der Waals surface area contributed by atoms with Crippen molar-refractivity contribution in [3.05, 3.63) is 35.0 Å². The summed E-state index contributed by atoms with van der Waals surface area (Å²) in [5, 5.41) is 13.7. The third kappa shape index (κ3) is 2.44. The van der Waals surface area contributed by atoms with E-state index in [0.717, 1.165) is 29.4 Å². The first-order valence-corrected chi connectivity index (χ1v) is 7.47. The van der Waals surface area contributed by atoms with Gasteiger partial charge < -0.3 is 15.4 Å². The minimum Gasteiger partial charge on any atom is -0.394 e. The summed E-state index contributed by atoms with van der Waals surface area (Å²) in [6.07, 6.45) is 2.15. The van der Waals surface area contributed by atoms with Crippen molar-refractivity contribution in [2.45, 2.75) is 39.2 Å². The molecule has 1 atom stereocenters. The van der Waals surface area contributed by atoms with Crippen LogP contribution in [0, 0.1) is 19.8 Å². The molecule has 1 heterocycles. The molecule has 1 amide bonds. The van der Waals surface area contributed by atoms with Gasteiger partial charge in [-0.3, -0.25) is 4.79 Å². The van der Waals surface area contributed by atoms with Gasteiger partial charge in [0.05, 0.1) is 12.1 Å². The van der Waals surface area contributed by atoms with Crippen molar-refractivity contribution >= 4 is 16.8 Å². The maximum absolute atomic E-state index is 12.5. The Bertz CT molecular complexity index is 700. The highest BCUT2D eigenvalue weighted by Gasteiger charge is 2.42. The molecule has 1 unspecified atom stereocenters. The Morgan fingerprint density at radius 2 is 2.14 bits per heavy atom. The maximum atomic E-state index is 12.5. The number of fused-ring (bicyclic) bond motifs is 1. The van der Waals surface area contributed by atoms with Gasteiger partial charge in [-0.2, -0.15) is 0 Å². The van der Waals surface area contributed by atoms with Crippen molar-refractivity contribution in [1.29, 1.82) is 0 Å². The molecular formula is C17H22N2O2. The van der Waals surface area contributed by atoms with E-state index in [9.17, 15) is 9.90 Å². The van der Waals surface area contributed by atoms with Crippen LogP contribution in [-0.4, -0.2) is 28.1 Å². The Balaban J connectivity index is 1.89. The molecule has 0 saturated heterocycles. The van der Waals surface area contributed by atoms with Crippen LogP contribution in [0.1, 0.15) is 41.4 Å². The first kappa shape index (κ1) is 14.1. The van der Waals surface area contributed by atoms with Gasteiger partial charge in [0.25, 0.3) is 5.91 Å². The van der Waals surface area contributed by atoms with E-state index < -0.39 is 5.54 Å². The van der Waals surface area contributed by atoms with E-state index in [4.69, 9.17) is 0 Å². The number of aryl methyl sites for hydroxylation is 2. The van der Waals surface area contributed by atoms with Crippen molar-refractivity contribution in [3.63, 3.8) is 0 Å². The van der Waals surface area contributed by atoms with Gasteiger partial charge in [-0.1, -0.05) is 0 Å². The van der Waals surface area contributed by atoms with Crippen LogP contribution in [0.15, 0.2) is 18.2 Å². The summed E-state index contributed by atoms with van der Waals surface area (Å²) in [5.74, 6) is 0.282. The normalized spacial score (nSPS) is 17.7. The summed E-state index contributed by atoms with van der Waals surface area (Å²) < 4.78 is 0. The van der Waals surface area contributed by atoms with Gasteiger partial charge in [-0.25, -0.2) is 0 Å². The quantitative estimate of drug-likeness (QED) is 0.809. The van der Waals surface area contributed by atoms with E-state index in [1.165, 1.54) is 5.56 Å². The van der Waals surface area contributed by atoms with Crippen molar-refractivity contribution < 1.29 is 9.90 Å². The number of benzene rings is 1. The van der Waals surface area contributed by atoms with Gasteiger partial charge >= 0.3 is 0 Å². The Morgan fingerprint density at radius 1 is 1.43 bits per heavy atom. The van der Waals surface area contributed by atoms with Crippen LogP contribution >= 0.6 is 0 Å². The van der Waals surface area contributed by atoms with Crippen LogP contribution in [0.25, 0.3) is 10.9 Å². The predicted molar refractivity (Wildman–Crippen MR) is 83.5 cm³/mol. The molecule has 4 heteroatoms. The zero-order valence-electron chi connectivity index (χ0n) is 12.8. The maximum Gasteiger partial charge on any atom is 0.251 e. The molecule has 1 fully saturated rings. The molecule has 4 nitrogen and oxygen atoms in total. The monoisotopic (exact) mass is 286 g/mol. The number of carbonyl (C=O) groups is 1. The van der Waals surface area contributed by atoms with E-state index in [1.807, 2.05) is 32.0 Å². The number of carbonyl (C=O) groups excluding carboxylic acids is 1. The van der Waals surface area contributed by atoms with Crippen molar-refractivity contribution in [2.75, 3.05) is 6.61 Å². The average Bonchev–Trinajstić information content (AvgIpc) is 3.28. The third-order valence-corrected chi connectivity index (χ3v) is 4.78. The highest BCUT2D eigenvalue weighted by Crippen LogP contribution is 2.39. The van der Waals surface area contributed by atoms with E-state index >= 15 is 0 Å². The molecule has 2 aromatic rings. The van der Waals surface area contributed by atoms with Crippen molar-refractivity contribution in [3.8, 4) is 0 Å². The zero-order valence-corrected chi connectivity index (χ0v) is 12.8. The SMILES string of the molecule is Cc1[nH]c2ccc(C(=O)NC(C)(CO)C3CC3)cc2c1C. The lowest BCUT2D eigenvalue weighted by Crippen LogP contribution is -2.50. The van der Waals surface area contributed by atoms with Crippen LogP contribution in [-0.2, 0) is 0 Å². The number of amides is 1. The molecule has 0 aliphatic heterocycles. The van der Waals surface area contributed by atoms with E-state index in [1.54, 1.807) is 0 Å². The molecule has 3 rings (SSSR count). The van der Waals surface area contributed by atoms with Crippen LogP contribution < -0.4 is 5.32 Å². The van der Waals surface area contributed by atoms with Gasteiger partial charge in [0.1, 0.15) is 0 Å². The smallest absolute Gasteiger partial charge is 0.251 e. The molecule has 1 aliphatic rings. The van der Waals surface area contributed by atoms with E-state index in [2.05, 4.69) is 17.2 Å². The Hall–Kier alpha value is -1.81. The fraction of sp³-hybridized carbons (Fsp3) is 0.471. The lowest BCUT2D eigenvalue weighted by Gasteiger charge is -2.28. The van der Waals surface area contributed by atoms with Crippen LogP contribution in [0.4, 0.5) is 0 Å². The van der Waals surface area contributed by atoms with Gasteiger partial charge in [-0.15, -0.1) is 0 Å².